The normalized spacial score (nSPS) is 11.4. The fourth-order valence-corrected chi connectivity index (χ4v) is 3.33. The molecule has 0 atom stereocenters. The molecule has 0 aliphatic heterocycles. The van der Waals surface area contributed by atoms with Gasteiger partial charge in [0.25, 0.3) is 5.76 Å². The number of aromatic nitrogens is 2. The smallest absolute Gasteiger partial charge is 0.288 e. The van der Waals surface area contributed by atoms with Crippen molar-refractivity contribution in [2.45, 2.75) is 17.6 Å². The summed E-state index contributed by atoms with van der Waals surface area (Å²) in [5.74, 6) is -2.47. The van der Waals surface area contributed by atoms with Gasteiger partial charge in [0.1, 0.15) is 0 Å². The summed E-state index contributed by atoms with van der Waals surface area (Å²) in [6.45, 7) is 1.98. The molecule has 108 valence electrons. The number of thioether (sulfide) groups is 1. The van der Waals surface area contributed by atoms with Gasteiger partial charge in [-0.25, -0.2) is 0 Å². The van der Waals surface area contributed by atoms with Crippen LogP contribution in [0.25, 0.3) is 16.7 Å². The van der Waals surface area contributed by atoms with Crippen molar-refractivity contribution in [2.24, 2.45) is 0 Å². The zero-order valence-electron chi connectivity index (χ0n) is 11.1. The third kappa shape index (κ3) is 2.61. The largest absolute Gasteiger partial charge is 0.330 e. The van der Waals surface area contributed by atoms with E-state index in [0.717, 1.165) is 16.6 Å². The Labute approximate surface area is 129 Å². The van der Waals surface area contributed by atoms with Gasteiger partial charge in [0.2, 0.25) is 0 Å². The Morgan fingerprint density at radius 1 is 1.14 bits per heavy atom. The third-order valence-electron chi connectivity index (χ3n) is 3.23. The third-order valence-corrected chi connectivity index (χ3v) is 4.29. The SMILES string of the molecule is Cc1cccc2[nH]c(=S)n(-c3ccccc3SC(F)F)c12. The zero-order chi connectivity index (χ0) is 15.0. The van der Waals surface area contributed by atoms with Crippen LogP contribution in [-0.2, 0) is 0 Å². The Morgan fingerprint density at radius 3 is 2.67 bits per heavy atom. The highest BCUT2D eigenvalue weighted by molar-refractivity contribution is 7.99. The number of fused-ring (bicyclic) bond motifs is 1. The second-order valence-corrected chi connectivity index (χ2v) is 6.00. The molecule has 0 aliphatic rings. The van der Waals surface area contributed by atoms with Crippen molar-refractivity contribution >= 4 is 35.0 Å². The summed E-state index contributed by atoms with van der Waals surface area (Å²) in [5, 5.41) is 0. The van der Waals surface area contributed by atoms with Crippen LogP contribution in [0.15, 0.2) is 47.4 Å². The van der Waals surface area contributed by atoms with Crippen LogP contribution in [0.5, 0.6) is 0 Å². The first kappa shape index (κ1) is 14.3. The average molecular weight is 322 g/mol. The molecule has 6 heteroatoms. The molecule has 2 aromatic carbocycles. The molecule has 21 heavy (non-hydrogen) atoms. The van der Waals surface area contributed by atoms with Gasteiger partial charge in [-0.1, -0.05) is 36.0 Å². The molecule has 0 bridgehead atoms. The minimum Gasteiger partial charge on any atom is -0.330 e. The number of imidazole rings is 1. The lowest BCUT2D eigenvalue weighted by molar-refractivity contribution is 0.252. The Morgan fingerprint density at radius 2 is 1.90 bits per heavy atom. The average Bonchev–Trinajstić information content (AvgIpc) is 2.76. The molecule has 3 rings (SSSR count). The quantitative estimate of drug-likeness (QED) is 0.521. The van der Waals surface area contributed by atoms with Gasteiger partial charge in [0.05, 0.1) is 16.7 Å². The maximum Gasteiger partial charge on any atom is 0.288 e. The molecule has 1 N–H and O–H groups in total. The Kier molecular flexibility index (Phi) is 3.82. The van der Waals surface area contributed by atoms with E-state index in [1.165, 1.54) is 0 Å². The van der Waals surface area contributed by atoms with Crippen LogP contribution in [0.2, 0.25) is 0 Å². The zero-order valence-corrected chi connectivity index (χ0v) is 12.8. The highest BCUT2D eigenvalue weighted by Crippen LogP contribution is 2.33. The molecule has 1 heterocycles. The van der Waals surface area contributed by atoms with Crippen LogP contribution in [0, 0.1) is 11.7 Å². The maximum absolute atomic E-state index is 12.8. The van der Waals surface area contributed by atoms with E-state index in [-0.39, 0.29) is 0 Å². The number of para-hydroxylation sites is 2. The van der Waals surface area contributed by atoms with Crippen LogP contribution in [0.3, 0.4) is 0 Å². The van der Waals surface area contributed by atoms with E-state index >= 15 is 0 Å². The highest BCUT2D eigenvalue weighted by Gasteiger charge is 2.15. The predicted molar refractivity (Wildman–Crippen MR) is 85.1 cm³/mol. The minimum atomic E-state index is -2.47. The summed E-state index contributed by atoms with van der Waals surface area (Å²) in [6, 6.07) is 12.9. The molecule has 0 unspecified atom stereocenters. The Balaban J connectivity index is 2.31. The lowest BCUT2D eigenvalue weighted by Gasteiger charge is -2.11. The Hall–Kier alpha value is -1.66. The standard InChI is InChI=1S/C15H12F2N2S2/c1-9-5-4-6-10-13(9)19(15(20)18-10)11-7-2-3-8-12(11)21-14(16)17/h2-8,14H,1H3,(H,18,20). The first-order valence-electron chi connectivity index (χ1n) is 6.32. The first-order chi connectivity index (χ1) is 10.1. The van der Waals surface area contributed by atoms with Gasteiger partial charge in [0.15, 0.2) is 4.77 Å². The number of benzene rings is 2. The van der Waals surface area contributed by atoms with Crippen molar-refractivity contribution in [2.75, 3.05) is 0 Å². The van der Waals surface area contributed by atoms with Crippen molar-refractivity contribution in [1.29, 1.82) is 0 Å². The number of nitrogens with zero attached hydrogens (tertiary/aromatic N) is 1. The van der Waals surface area contributed by atoms with E-state index < -0.39 is 5.76 Å². The van der Waals surface area contributed by atoms with Crippen LogP contribution < -0.4 is 0 Å². The molecule has 0 amide bonds. The number of aryl methyl sites for hydroxylation is 1. The molecule has 0 saturated heterocycles. The maximum atomic E-state index is 12.8. The lowest BCUT2D eigenvalue weighted by atomic mass is 10.2. The van der Waals surface area contributed by atoms with E-state index in [1.807, 2.05) is 35.8 Å². The second-order valence-electron chi connectivity index (χ2n) is 4.58. The van der Waals surface area contributed by atoms with Gasteiger partial charge in [-0.15, -0.1) is 0 Å². The van der Waals surface area contributed by atoms with Gasteiger partial charge >= 0.3 is 0 Å². The van der Waals surface area contributed by atoms with Crippen molar-refractivity contribution in [3.8, 4) is 5.69 Å². The van der Waals surface area contributed by atoms with Crippen molar-refractivity contribution in [3.63, 3.8) is 0 Å². The number of hydrogen-bond donors (Lipinski definition) is 1. The van der Waals surface area contributed by atoms with Gasteiger partial charge < -0.3 is 4.98 Å². The van der Waals surface area contributed by atoms with Gasteiger partial charge in [-0.05, 0) is 42.9 Å². The number of alkyl halides is 2. The van der Waals surface area contributed by atoms with Crippen LogP contribution in [-0.4, -0.2) is 15.3 Å². The summed E-state index contributed by atoms with van der Waals surface area (Å²) in [4.78, 5) is 3.64. The van der Waals surface area contributed by atoms with E-state index in [1.54, 1.807) is 18.2 Å². The van der Waals surface area contributed by atoms with Crippen molar-refractivity contribution < 1.29 is 8.78 Å². The predicted octanol–water partition coefficient (Wildman–Crippen LogP) is 5.31. The van der Waals surface area contributed by atoms with Crippen LogP contribution >= 0.6 is 24.0 Å². The van der Waals surface area contributed by atoms with E-state index in [4.69, 9.17) is 12.2 Å². The summed E-state index contributed by atoms with van der Waals surface area (Å²) >= 11 is 5.91. The fourth-order valence-electron chi connectivity index (χ4n) is 2.40. The van der Waals surface area contributed by atoms with E-state index in [2.05, 4.69) is 4.98 Å². The molecule has 1 aromatic heterocycles. The van der Waals surface area contributed by atoms with Crippen LogP contribution in [0.4, 0.5) is 8.78 Å². The van der Waals surface area contributed by atoms with Crippen molar-refractivity contribution in [3.05, 3.63) is 52.8 Å². The molecule has 0 aliphatic carbocycles. The Bertz CT molecular complexity index is 852. The topological polar surface area (TPSA) is 20.7 Å². The molecular formula is C15H12F2N2S2. The number of rotatable bonds is 3. The summed E-state index contributed by atoms with van der Waals surface area (Å²) in [7, 11) is 0. The number of H-pyrrole nitrogens is 1. The molecule has 0 fully saturated rings. The van der Waals surface area contributed by atoms with E-state index in [0.29, 0.717) is 27.1 Å². The number of nitrogens with one attached hydrogen (secondary N) is 1. The lowest BCUT2D eigenvalue weighted by Crippen LogP contribution is -1.98. The first-order valence-corrected chi connectivity index (χ1v) is 7.61. The highest BCUT2D eigenvalue weighted by atomic mass is 32.2. The number of hydrogen-bond acceptors (Lipinski definition) is 2. The molecule has 3 aromatic rings. The van der Waals surface area contributed by atoms with Gasteiger partial charge in [0, 0.05) is 4.90 Å². The van der Waals surface area contributed by atoms with Gasteiger partial charge in [-0.2, -0.15) is 8.78 Å². The van der Waals surface area contributed by atoms with Crippen molar-refractivity contribution in [1.82, 2.24) is 9.55 Å². The summed E-state index contributed by atoms with van der Waals surface area (Å²) < 4.78 is 27.8. The fraction of sp³-hybridized carbons (Fsp3) is 0.133. The van der Waals surface area contributed by atoms with E-state index in [9.17, 15) is 8.78 Å². The molecule has 0 radical (unpaired) electrons. The molecular weight excluding hydrogens is 310 g/mol. The monoisotopic (exact) mass is 322 g/mol. The molecule has 0 saturated carbocycles. The second kappa shape index (κ2) is 5.61. The molecule has 0 spiro atoms. The summed E-state index contributed by atoms with van der Waals surface area (Å²) in [6.07, 6.45) is 0. The minimum absolute atomic E-state index is 0.501. The molecule has 2 nitrogen and oxygen atoms in total. The van der Waals surface area contributed by atoms with Gasteiger partial charge in [-0.3, -0.25) is 4.57 Å². The number of halogens is 2. The van der Waals surface area contributed by atoms with Crippen LogP contribution in [0.1, 0.15) is 5.56 Å². The summed E-state index contributed by atoms with van der Waals surface area (Å²) in [5.41, 5.74) is 3.53. The number of aromatic amines is 1.